The summed E-state index contributed by atoms with van der Waals surface area (Å²) in [5, 5.41) is 1.72. The highest BCUT2D eigenvalue weighted by atomic mass is 32.1. The monoisotopic (exact) mass is 386 g/mol. The van der Waals surface area contributed by atoms with Gasteiger partial charge in [0.25, 0.3) is 0 Å². The molecule has 0 N–H and O–H groups in total. The Morgan fingerprint density at radius 3 is 2.68 bits per heavy atom. The van der Waals surface area contributed by atoms with E-state index in [9.17, 15) is 4.79 Å². The van der Waals surface area contributed by atoms with Crippen LogP contribution >= 0.6 is 11.3 Å². The lowest BCUT2D eigenvalue weighted by Gasteiger charge is -2.07. The standard InChI is InChI=1S/C22H14N2O3S/c1-13-9-20(25)27-18-10-15(7-8-16(13)18)26-21-17-11-19(14-5-3-2-4-6-14)28-22(17)24-12-23-21/h2-12H,1H3. The molecule has 0 saturated carbocycles. The van der Waals surface area contributed by atoms with Crippen LogP contribution in [0, 0.1) is 6.92 Å². The van der Waals surface area contributed by atoms with E-state index >= 15 is 0 Å². The Morgan fingerprint density at radius 1 is 0.964 bits per heavy atom. The third-order valence-corrected chi connectivity index (χ3v) is 5.58. The Labute approximate surface area is 163 Å². The van der Waals surface area contributed by atoms with Crippen LogP contribution in [0.2, 0.25) is 0 Å². The maximum absolute atomic E-state index is 11.7. The van der Waals surface area contributed by atoms with Gasteiger partial charge in [-0.3, -0.25) is 0 Å². The SMILES string of the molecule is Cc1cc(=O)oc2cc(Oc3ncnc4sc(-c5ccccc5)cc34)ccc12. The number of aromatic nitrogens is 2. The summed E-state index contributed by atoms with van der Waals surface area (Å²) < 4.78 is 11.3. The molecule has 5 aromatic rings. The Kier molecular flexibility index (Phi) is 3.91. The van der Waals surface area contributed by atoms with Crippen LogP contribution in [0.5, 0.6) is 11.6 Å². The van der Waals surface area contributed by atoms with E-state index < -0.39 is 0 Å². The van der Waals surface area contributed by atoms with Crippen molar-refractivity contribution in [2.45, 2.75) is 6.92 Å². The molecule has 3 heterocycles. The summed E-state index contributed by atoms with van der Waals surface area (Å²) in [7, 11) is 0. The highest BCUT2D eigenvalue weighted by Crippen LogP contribution is 2.37. The fraction of sp³-hybridized carbons (Fsp3) is 0.0455. The lowest BCUT2D eigenvalue weighted by molar-refractivity contribution is 0.466. The summed E-state index contributed by atoms with van der Waals surface area (Å²) in [5.74, 6) is 1.02. The first kappa shape index (κ1) is 16.6. The maximum atomic E-state index is 11.7. The molecule has 0 radical (unpaired) electrons. The summed E-state index contributed by atoms with van der Waals surface area (Å²) in [6.07, 6.45) is 1.49. The number of nitrogens with zero attached hydrogens (tertiary/aromatic N) is 2. The van der Waals surface area contributed by atoms with Gasteiger partial charge in [-0.25, -0.2) is 14.8 Å². The molecule has 6 heteroatoms. The van der Waals surface area contributed by atoms with Gasteiger partial charge in [0.2, 0.25) is 5.88 Å². The minimum atomic E-state index is -0.378. The fourth-order valence-corrected chi connectivity index (χ4v) is 4.14. The highest BCUT2D eigenvalue weighted by Gasteiger charge is 2.13. The third kappa shape index (κ3) is 2.93. The Morgan fingerprint density at radius 2 is 1.82 bits per heavy atom. The van der Waals surface area contributed by atoms with E-state index in [0.29, 0.717) is 17.2 Å². The average molecular weight is 386 g/mol. The van der Waals surface area contributed by atoms with Crippen LogP contribution in [0.15, 0.2) is 76.2 Å². The van der Waals surface area contributed by atoms with Gasteiger partial charge in [-0.05, 0) is 36.2 Å². The molecule has 5 rings (SSSR count). The lowest BCUT2D eigenvalue weighted by atomic mass is 10.1. The first-order chi connectivity index (χ1) is 13.7. The second-order valence-electron chi connectivity index (χ2n) is 6.38. The van der Waals surface area contributed by atoms with Crippen molar-refractivity contribution in [1.82, 2.24) is 9.97 Å². The molecule has 0 bridgehead atoms. The van der Waals surface area contributed by atoms with E-state index in [1.807, 2.05) is 43.3 Å². The van der Waals surface area contributed by atoms with Crippen LogP contribution in [0.3, 0.4) is 0 Å². The van der Waals surface area contributed by atoms with Crippen LogP contribution in [0.4, 0.5) is 0 Å². The maximum Gasteiger partial charge on any atom is 0.336 e. The Balaban J connectivity index is 1.57. The number of rotatable bonds is 3. The lowest BCUT2D eigenvalue weighted by Crippen LogP contribution is -1.98. The van der Waals surface area contributed by atoms with Gasteiger partial charge in [0.05, 0.1) is 5.39 Å². The van der Waals surface area contributed by atoms with E-state index in [2.05, 4.69) is 22.1 Å². The molecule has 0 aliphatic rings. The third-order valence-electron chi connectivity index (χ3n) is 4.49. The zero-order valence-corrected chi connectivity index (χ0v) is 15.7. The predicted molar refractivity (Wildman–Crippen MR) is 110 cm³/mol. The van der Waals surface area contributed by atoms with E-state index in [1.54, 1.807) is 17.4 Å². The normalized spacial score (nSPS) is 11.2. The fourth-order valence-electron chi connectivity index (χ4n) is 3.14. The second kappa shape index (κ2) is 6.58. The first-order valence-corrected chi connectivity index (χ1v) is 9.51. The van der Waals surface area contributed by atoms with E-state index in [4.69, 9.17) is 9.15 Å². The van der Waals surface area contributed by atoms with Gasteiger partial charge < -0.3 is 9.15 Å². The number of thiophene rings is 1. The molecule has 0 fully saturated rings. The van der Waals surface area contributed by atoms with Crippen LogP contribution in [-0.2, 0) is 0 Å². The molecule has 0 amide bonds. The van der Waals surface area contributed by atoms with Gasteiger partial charge in [0.1, 0.15) is 22.5 Å². The molecule has 0 aliphatic carbocycles. The molecule has 3 aromatic heterocycles. The minimum Gasteiger partial charge on any atom is -0.438 e. The van der Waals surface area contributed by atoms with Crippen molar-refractivity contribution >= 4 is 32.5 Å². The molecule has 2 aromatic carbocycles. The van der Waals surface area contributed by atoms with Crippen LogP contribution in [0.1, 0.15) is 5.56 Å². The van der Waals surface area contributed by atoms with Crippen molar-refractivity contribution in [2.24, 2.45) is 0 Å². The molecule has 136 valence electrons. The largest absolute Gasteiger partial charge is 0.438 e. The molecule has 0 spiro atoms. The Bertz CT molecular complexity index is 1370. The highest BCUT2D eigenvalue weighted by molar-refractivity contribution is 7.21. The van der Waals surface area contributed by atoms with Crippen molar-refractivity contribution < 1.29 is 9.15 Å². The van der Waals surface area contributed by atoms with E-state index in [1.165, 1.54) is 12.4 Å². The van der Waals surface area contributed by atoms with Crippen LogP contribution in [0.25, 0.3) is 31.6 Å². The van der Waals surface area contributed by atoms with Gasteiger partial charge >= 0.3 is 5.63 Å². The number of fused-ring (bicyclic) bond motifs is 2. The summed E-state index contributed by atoms with van der Waals surface area (Å²) in [4.78, 5) is 22.3. The summed E-state index contributed by atoms with van der Waals surface area (Å²) in [6, 6.07) is 19.1. The van der Waals surface area contributed by atoms with Crippen molar-refractivity contribution in [3.05, 3.63) is 83.0 Å². The topological polar surface area (TPSA) is 65.2 Å². The number of hydrogen-bond acceptors (Lipinski definition) is 6. The zero-order chi connectivity index (χ0) is 19.1. The minimum absolute atomic E-state index is 0.378. The summed E-state index contributed by atoms with van der Waals surface area (Å²) in [6.45, 7) is 1.88. The molecular weight excluding hydrogens is 372 g/mol. The first-order valence-electron chi connectivity index (χ1n) is 8.70. The number of aryl methyl sites for hydroxylation is 1. The summed E-state index contributed by atoms with van der Waals surface area (Å²) in [5.41, 5.74) is 2.10. The molecule has 0 atom stereocenters. The van der Waals surface area contributed by atoms with Crippen molar-refractivity contribution in [3.8, 4) is 22.1 Å². The van der Waals surface area contributed by atoms with Crippen LogP contribution in [-0.4, -0.2) is 9.97 Å². The molecule has 28 heavy (non-hydrogen) atoms. The molecule has 5 nitrogen and oxygen atoms in total. The second-order valence-corrected chi connectivity index (χ2v) is 7.41. The van der Waals surface area contributed by atoms with Gasteiger partial charge in [-0.15, -0.1) is 11.3 Å². The van der Waals surface area contributed by atoms with Crippen molar-refractivity contribution in [2.75, 3.05) is 0 Å². The van der Waals surface area contributed by atoms with Gasteiger partial charge in [0.15, 0.2) is 0 Å². The molecule has 0 aliphatic heterocycles. The van der Waals surface area contributed by atoms with E-state index in [-0.39, 0.29) is 5.63 Å². The molecular formula is C22H14N2O3S. The number of ether oxygens (including phenoxy) is 1. The van der Waals surface area contributed by atoms with Gasteiger partial charge in [-0.2, -0.15) is 0 Å². The molecule has 0 unspecified atom stereocenters. The summed E-state index contributed by atoms with van der Waals surface area (Å²) >= 11 is 1.59. The van der Waals surface area contributed by atoms with Gasteiger partial charge in [-0.1, -0.05) is 30.3 Å². The van der Waals surface area contributed by atoms with Crippen molar-refractivity contribution in [3.63, 3.8) is 0 Å². The average Bonchev–Trinajstić information content (AvgIpc) is 3.14. The van der Waals surface area contributed by atoms with Crippen LogP contribution < -0.4 is 10.4 Å². The smallest absolute Gasteiger partial charge is 0.336 e. The number of benzene rings is 2. The van der Waals surface area contributed by atoms with E-state index in [0.717, 1.165) is 31.6 Å². The van der Waals surface area contributed by atoms with Gasteiger partial charge in [0, 0.05) is 22.4 Å². The quantitative estimate of drug-likeness (QED) is 0.380. The number of hydrogen-bond donors (Lipinski definition) is 0. The zero-order valence-electron chi connectivity index (χ0n) is 14.9. The Hall–Kier alpha value is -3.51. The molecule has 0 saturated heterocycles. The predicted octanol–water partition coefficient (Wildman–Crippen LogP) is 5.57. The van der Waals surface area contributed by atoms with Crippen molar-refractivity contribution in [1.29, 1.82) is 0 Å².